The highest BCUT2D eigenvalue weighted by Gasteiger charge is 2.23. The van der Waals surface area contributed by atoms with Crippen LogP contribution in [0.4, 0.5) is 5.82 Å². The van der Waals surface area contributed by atoms with Gasteiger partial charge in [0.25, 0.3) is 0 Å². The molecule has 3 aromatic heterocycles. The molecule has 24 heavy (non-hydrogen) atoms. The van der Waals surface area contributed by atoms with E-state index in [0.29, 0.717) is 23.2 Å². The van der Waals surface area contributed by atoms with Crippen molar-refractivity contribution in [2.24, 2.45) is 7.05 Å². The number of rotatable bonds is 6. The van der Waals surface area contributed by atoms with E-state index < -0.39 is 0 Å². The normalized spacial score (nSPS) is 12.3. The molecule has 1 unspecified atom stereocenters. The summed E-state index contributed by atoms with van der Waals surface area (Å²) in [5.74, 6) is 1.75. The summed E-state index contributed by atoms with van der Waals surface area (Å²) in [7, 11) is 1.91. The Balaban J connectivity index is 1.72. The standard InChI is InChI=1S/C15H17N5O2S2/c1-4-10(14(21)16-12-8-9(2)22-19-12)24-15-18-17-13(20(15)3)11-6-5-7-23-11/h5-8,10H,4H2,1-3H3,(H,16,19,21). The van der Waals surface area contributed by atoms with Crippen LogP contribution in [0.5, 0.6) is 0 Å². The van der Waals surface area contributed by atoms with Gasteiger partial charge < -0.3 is 14.4 Å². The predicted octanol–water partition coefficient (Wildman–Crippen LogP) is 3.35. The Morgan fingerprint density at radius 3 is 2.96 bits per heavy atom. The van der Waals surface area contributed by atoms with Crippen molar-refractivity contribution in [3.8, 4) is 10.7 Å². The highest BCUT2D eigenvalue weighted by Crippen LogP contribution is 2.29. The monoisotopic (exact) mass is 363 g/mol. The molecule has 0 radical (unpaired) electrons. The first kappa shape index (κ1) is 16.7. The number of thiophene rings is 1. The van der Waals surface area contributed by atoms with Crippen LogP contribution in [0.25, 0.3) is 10.7 Å². The molecule has 1 N–H and O–H groups in total. The van der Waals surface area contributed by atoms with Gasteiger partial charge in [-0.1, -0.05) is 29.9 Å². The molecule has 1 atom stereocenters. The second-order valence-electron chi connectivity index (χ2n) is 5.17. The first-order chi connectivity index (χ1) is 11.6. The number of nitrogens with zero attached hydrogens (tertiary/aromatic N) is 4. The zero-order chi connectivity index (χ0) is 17.1. The van der Waals surface area contributed by atoms with Gasteiger partial charge in [0.05, 0.1) is 10.1 Å². The van der Waals surface area contributed by atoms with Crippen LogP contribution in [0.15, 0.2) is 33.3 Å². The fraction of sp³-hybridized carbons (Fsp3) is 0.333. The number of amides is 1. The maximum atomic E-state index is 12.4. The number of nitrogens with one attached hydrogen (secondary N) is 1. The molecule has 0 aromatic carbocycles. The first-order valence-electron chi connectivity index (χ1n) is 7.42. The van der Waals surface area contributed by atoms with Gasteiger partial charge >= 0.3 is 0 Å². The molecule has 0 aliphatic rings. The van der Waals surface area contributed by atoms with Crippen LogP contribution in [0, 0.1) is 6.92 Å². The van der Waals surface area contributed by atoms with Crippen LogP contribution < -0.4 is 5.32 Å². The lowest BCUT2D eigenvalue weighted by Gasteiger charge is -2.12. The fourth-order valence-corrected chi connectivity index (χ4v) is 3.78. The zero-order valence-electron chi connectivity index (χ0n) is 13.5. The van der Waals surface area contributed by atoms with E-state index in [4.69, 9.17) is 4.52 Å². The van der Waals surface area contributed by atoms with Gasteiger partial charge in [-0.3, -0.25) is 4.79 Å². The molecular weight excluding hydrogens is 346 g/mol. The molecule has 126 valence electrons. The third-order valence-electron chi connectivity index (χ3n) is 3.37. The van der Waals surface area contributed by atoms with E-state index in [1.807, 2.05) is 36.1 Å². The molecule has 0 aliphatic heterocycles. The van der Waals surface area contributed by atoms with Crippen molar-refractivity contribution < 1.29 is 9.32 Å². The summed E-state index contributed by atoms with van der Waals surface area (Å²) < 4.78 is 6.87. The van der Waals surface area contributed by atoms with Crippen LogP contribution in [-0.2, 0) is 11.8 Å². The second kappa shape index (κ2) is 7.18. The molecule has 0 bridgehead atoms. The van der Waals surface area contributed by atoms with E-state index in [9.17, 15) is 4.79 Å². The summed E-state index contributed by atoms with van der Waals surface area (Å²) in [6.45, 7) is 3.74. The average Bonchev–Trinajstić information content (AvgIpc) is 3.28. The van der Waals surface area contributed by atoms with Gasteiger partial charge in [0, 0.05) is 13.1 Å². The molecule has 0 spiro atoms. The Bertz CT molecular complexity index is 825. The van der Waals surface area contributed by atoms with E-state index in [-0.39, 0.29) is 11.2 Å². The minimum Gasteiger partial charge on any atom is -0.360 e. The van der Waals surface area contributed by atoms with Gasteiger partial charge in [0.15, 0.2) is 16.8 Å². The minimum absolute atomic E-state index is 0.128. The number of hydrogen-bond acceptors (Lipinski definition) is 7. The molecule has 0 saturated heterocycles. The summed E-state index contributed by atoms with van der Waals surface area (Å²) in [5, 5.41) is 17.4. The molecule has 3 rings (SSSR count). The summed E-state index contributed by atoms with van der Waals surface area (Å²) >= 11 is 3.00. The number of aromatic nitrogens is 4. The molecule has 3 heterocycles. The van der Waals surface area contributed by atoms with Gasteiger partial charge in [0.1, 0.15) is 5.76 Å². The fourth-order valence-electron chi connectivity index (χ4n) is 2.12. The maximum Gasteiger partial charge on any atom is 0.239 e. The van der Waals surface area contributed by atoms with Crippen molar-refractivity contribution in [1.82, 2.24) is 19.9 Å². The van der Waals surface area contributed by atoms with Crippen molar-refractivity contribution in [3.05, 3.63) is 29.3 Å². The lowest BCUT2D eigenvalue weighted by atomic mass is 10.3. The van der Waals surface area contributed by atoms with Crippen LogP contribution in [0.2, 0.25) is 0 Å². The molecule has 3 aromatic rings. The average molecular weight is 363 g/mol. The number of hydrogen-bond donors (Lipinski definition) is 1. The lowest BCUT2D eigenvalue weighted by molar-refractivity contribution is -0.115. The Kier molecular flexibility index (Phi) is 5.00. The van der Waals surface area contributed by atoms with Gasteiger partial charge in [-0.15, -0.1) is 21.5 Å². The van der Waals surface area contributed by atoms with Gasteiger partial charge in [0.2, 0.25) is 5.91 Å². The van der Waals surface area contributed by atoms with Gasteiger partial charge in [-0.25, -0.2) is 0 Å². The highest BCUT2D eigenvalue weighted by atomic mass is 32.2. The van der Waals surface area contributed by atoms with E-state index in [0.717, 1.165) is 10.7 Å². The number of anilines is 1. The van der Waals surface area contributed by atoms with Gasteiger partial charge in [-0.2, -0.15) is 0 Å². The van der Waals surface area contributed by atoms with Gasteiger partial charge in [-0.05, 0) is 24.8 Å². The summed E-state index contributed by atoms with van der Waals surface area (Å²) in [6.07, 6.45) is 0.661. The van der Waals surface area contributed by atoms with Crippen molar-refractivity contribution in [3.63, 3.8) is 0 Å². The molecule has 1 amide bonds. The first-order valence-corrected chi connectivity index (χ1v) is 9.18. The van der Waals surface area contributed by atoms with E-state index in [1.54, 1.807) is 24.3 Å². The summed E-state index contributed by atoms with van der Waals surface area (Å²) in [5.41, 5.74) is 0. The molecule has 0 fully saturated rings. The third-order valence-corrected chi connectivity index (χ3v) is 5.63. The van der Waals surface area contributed by atoms with E-state index in [1.165, 1.54) is 11.8 Å². The SMILES string of the molecule is CCC(Sc1nnc(-c2cccs2)n1C)C(=O)Nc1cc(C)on1. The molecule has 7 nitrogen and oxygen atoms in total. The lowest BCUT2D eigenvalue weighted by Crippen LogP contribution is -2.25. The van der Waals surface area contributed by atoms with Crippen molar-refractivity contribution >= 4 is 34.8 Å². The molecule has 0 aliphatic carbocycles. The van der Waals surface area contributed by atoms with Crippen molar-refractivity contribution in [2.75, 3.05) is 5.32 Å². The molecule has 9 heteroatoms. The highest BCUT2D eigenvalue weighted by molar-refractivity contribution is 8.00. The Morgan fingerprint density at radius 1 is 1.50 bits per heavy atom. The summed E-state index contributed by atoms with van der Waals surface area (Å²) in [4.78, 5) is 13.5. The Morgan fingerprint density at radius 2 is 2.33 bits per heavy atom. The van der Waals surface area contributed by atoms with Crippen LogP contribution in [0.3, 0.4) is 0 Å². The molecule has 0 saturated carbocycles. The Labute approximate surface area is 147 Å². The number of carbonyl (C=O) groups is 1. The van der Waals surface area contributed by atoms with E-state index in [2.05, 4.69) is 20.7 Å². The van der Waals surface area contributed by atoms with Crippen LogP contribution in [0.1, 0.15) is 19.1 Å². The number of thioether (sulfide) groups is 1. The third kappa shape index (κ3) is 3.51. The summed E-state index contributed by atoms with van der Waals surface area (Å²) in [6, 6.07) is 5.66. The topological polar surface area (TPSA) is 85.8 Å². The van der Waals surface area contributed by atoms with Crippen molar-refractivity contribution in [1.29, 1.82) is 0 Å². The zero-order valence-corrected chi connectivity index (χ0v) is 15.1. The Hall–Kier alpha value is -2.13. The second-order valence-corrected chi connectivity index (χ2v) is 7.29. The maximum absolute atomic E-state index is 12.4. The minimum atomic E-state index is -0.291. The smallest absolute Gasteiger partial charge is 0.239 e. The van der Waals surface area contributed by atoms with Crippen LogP contribution in [-0.4, -0.2) is 31.1 Å². The number of aryl methyl sites for hydroxylation is 1. The molecular formula is C15H17N5O2S2. The van der Waals surface area contributed by atoms with Crippen LogP contribution >= 0.6 is 23.1 Å². The quantitative estimate of drug-likeness (QED) is 0.676. The van der Waals surface area contributed by atoms with Crippen molar-refractivity contribution in [2.45, 2.75) is 30.7 Å². The van der Waals surface area contributed by atoms with E-state index >= 15 is 0 Å². The number of carbonyl (C=O) groups excluding carboxylic acids is 1. The predicted molar refractivity (Wildman–Crippen MR) is 94.1 cm³/mol. The largest absolute Gasteiger partial charge is 0.360 e.